The lowest BCUT2D eigenvalue weighted by molar-refractivity contribution is 0.251. The maximum atomic E-state index is 6.18. The average molecular weight is 233 g/mol. The van der Waals surface area contributed by atoms with Gasteiger partial charge in [0.15, 0.2) is 11.2 Å². The molecule has 2 heterocycles. The third-order valence-corrected chi connectivity index (χ3v) is 3.54. The van der Waals surface area contributed by atoms with Crippen molar-refractivity contribution in [3.8, 4) is 0 Å². The lowest BCUT2D eigenvalue weighted by Gasteiger charge is -2.35. The van der Waals surface area contributed by atoms with E-state index in [2.05, 4.69) is 9.97 Å². The van der Waals surface area contributed by atoms with Gasteiger partial charge in [-0.2, -0.15) is 4.98 Å². The minimum atomic E-state index is -0.414. The molecule has 0 amide bonds. The Bertz CT molecular complexity index is 549. The van der Waals surface area contributed by atoms with E-state index in [-0.39, 0.29) is 5.41 Å². The summed E-state index contributed by atoms with van der Waals surface area (Å²) in [5.41, 5.74) is 7.71. The largest absolute Gasteiger partial charge is 0.438 e. The molecule has 92 valence electrons. The van der Waals surface area contributed by atoms with Crippen LogP contribution >= 0.6 is 0 Å². The van der Waals surface area contributed by atoms with Crippen LogP contribution in [0.4, 0.5) is 0 Å². The molecule has 0 aromatic carbocycles. The van der Waals surface area contributed by atoms with E-state index in [9.17, 15) is 0 Å². The van der Waals surface area contributed by atoms with Gasteiger partial charge in [0.25, 0.3) is 0 Å². The van der Waals surface area contributed by atoms with Gasteiger partial charge >= 0.3 is 0 Å². The Morgan fingerprint density at radius 3 is 2.35 bits per heavy atom. The average Bonchev–Trinajstić information content (AvgIpc) is 2.58. The second-order valence-electron chi connectivity index (χ2n) is 5.64. The SMILES string of the molecule is Cc1ccc2oc(C(C)(C)C(C)(C)N)nc2n1. The number of rotatable bonds is 2. The molecule has 2 aromatic rings. The summed E-state index contributed by atoms with van der Waals surface area (Å²) in [6, 6.07) is 3.81. The smallest absolute Gasteiger partial charge is 0.204 e. The predicted octanol–water partition coefficient (Wildman–Crippen LogP) is 2.55. The molecule has 0 saturated carbocycles. The molecule has 2 rings (SSSR count). The zero-order valence-electron chi connectivity index (χ0n) is 11.0. The van der Waals surface area contributed by atoms with Gasteiger partial charge in [0.2, 0.25) is 5.89 Å². The van der Waals surface area contributed by atoms with E-state index in [1.54, 1.807) is 0 Å². The Morgan fingerprint density at radius 2 is 1.76 bits per heavy atom. The summed E-state index contributed by atoms with van der Waals surface area (Å²) < 4.78 is 5.76. The van der Waals surface area contributed by atoms with Crippen LogP contribution in [-0.2, 0) is 5.41 Å². The molecule has 0 atom stereocenters. The van der Waals surface area contributed by atoms with Gasteiger partial charge in [-0.25, -0.2) is 4.98 Å². The van der Waals surface area contributed by atoms with Crippen LogP contribution < -0.4 is 5.73 Å². The van der Waals surface area contributed by atoms with Gasteiger partial charge in [-0.3, -0.25) is 0 Å². The summed E-state index contributed by atoms with van der Waals surface area (Å²) >= 11 is 0. The Kier molecular flexibility index (Phi) is 2.51. The molecule has 0 spiro atoms. The van der Waals surface area contributed by atoms with Crippen LogP contribution in [0.3, 0.4) is 0 Å². The maximum Gasteiger partial charge on any atom is 0.204 e. The van der Waals surface area contributed by atoms with Crippen LogP contribution in [0.1, 0.15) is 39.3 Å². The number of hydrogen-bond donors (Lipinski definition) is 1. The molecule has 4 heteroatoms. The summed E-state index contributed by atoms with van der Waals surface area (Å²) in [6.45, 7) is 9.95. The monoisotopic (exact) mass is 233 g/mol. The molecule has 4 nitrogen and oxygen atoms in total. The summed E-state index contributed by atoms with van der Waals surface area (Å²) in [4.78, 5) is 8.80. The molecule has 0 unspecified atom stereocenters. The van der Waals surface area contributed by atoms with E-state index < -0.39 is 5.54 Å². The van der Waals surface area contributed by atoms with E-state index in [0.29, 0.717) is 17.1 Å². The molecule has 0 bridgehead atoms. The zero-order valence-corrected chi connectivity index (χ0v) is 11.0. The molecule has 17 heavy (non-hydrogen) atoms. The topological polar surface area (TPSA) is 64.9 Å². The van der Waals surface area contributed by atoms with Crippen LogP contribution in [0.15, 0.2) is 16.5 Å². The highest BCUT2D eigenvalue weighted by Gasteiger charge is 2.39. The standard InChI is InChI=1S/C13H19N3O/c1-8-6-7-9-10(15-8)16-11(17-9)12(2,3)13(4,5)14/h6-7H,14H2,1-5H3. The van der Waals surface area contributed by atoms with Crippen molar-refractivity contribution in [2.75, 3.05) is 0 Å². The van der Waals surface area contributed by atoms with Crippen LogP contribution in [0, 0.1) is 6.92 Å². The number of oxazole rings is 1. The minimum Gasteiger partial charge on any atom is -0.438 e. The summed E-state index contributed by atoms with van der Waals surface area (Å²) in [7, 11) is 0. The first-order valence-corrected chi connectivity index (χ1v) is 5.75. The van der Waals surface area contributed by atoms with Gasteiger partial charge in [0, 0.05) is 11.2 Å². The summed E-state index contributed by atoms with van der Waals surface area (Å²) in [5, 5.41) is 0. The number of hydrogen-bond acceptors (Lipinski definition) is 4. The van der Waals surface area contributed by atoms with Crippen molar-refractivity contribution in [2.45, 2.75) is 45.6 Å². The second kappa shape index (κ2) is 3.53. The van der Waals surface area contributed by atoms with Crippen LogP contribution in [-0.4, -0.2) is 15.5 Å². The first-order chi connectivity index (χ1) is 7.72. The first kappa shape index (κ1) is 12.0. The molecular weight excluding hydrogens is 214 g/mol. The van der Waals surface area contributed by atoms with E-state index in [4.69, 9.17) is 10.2 Å². The van der Waals surface area contributed by atoms with Crippen LogP contribution in [0.25, 0.3) is 11.2 Å². The van der Waals surface area contributed by atoms with E-state index >= 15 is 0 Å². The molecule has 0 radical (unpaired) electrons. The third kappa shape index (κ3) is 1.93. The van der Waals surface area contributed by atoms with Gasteiger partial charge < -0.3 is 10.2 Å². The van der Waals surface area contributed by atoms with Crippen molar-refractivity contribution in [1.29, 1.82) is 0 Å². The van der Waals surface area contributed by atoms with E-state index in [0.717, 1.165) is 5.69 Å². The number of nitrogens with two attached hydrogens (primary N) is 1. The lowest BCUT2D eigenvalue weighted by atomic mass is 9.75. The van der Waals surface area contributed by atoms with Crippen molar-refractivity contribution in [1.82, 2.24) is 9.97 Å². The highest BCUT2D eigenvalue weighted by molar-refractivity contribution is 5.67. The van der Waals surface area contributed by atoms with Gasteiger partial charge in [-0.1, -0.05) is 0 Å². The molecule has 2 N–H and O–H groups in total. The Balaban J connectivity index is 2.57. The molecular formula is C13H19N3O. The van der Waals surface area contributed by atoms with Crippen molar-refractivity contribution in [3.05, 3.63) is 23.7 Å². The second-order valence-corrected chi connectivity index (χ2v) is 5.64. The van der Waals surface area contributed by atoms with Gasteiger partial charge in [0.05, 0.1) is 5.41 Å². The minimum absolute atomic E-state index is 0.346. The van der Waals surface area contributed by atoms with Crippen molar-refractivity contribution in [2.24, 2.45) is 5.73 Å². The highest BCUT2D eigenvalue weighted by atomic mass is 16.3. The predicted molar refractivity (Wildman–Crippen MR) is 67.8 cm³/mol. The Morgan fingerprint density at radius 1 is 1.12 bits per heavy atom. The Hall–Kier alpha value is -1.42. The number of aromatic nitrogens is 2. The van der Waals surface area contributed by atoms with Crippen molar-refractivity contribution < 1.29 is 4.42 Å². The molecule has 0 aliphatic rings. The fraction of sp³-hybridized carbons (Fsp3) is 0.538. The first-order valence-electron chi connectivity index (χ1n) is 5.75. The number of pyridine rings is 1. The van der Waals surface area contributed by atoms with Crippen LogP contribution in [0.5, 0.6) is 0 Å². The zero-order chi connectivity index (χ0) is 12.8. The maximum absolute atomic E-state index is 6.18. The Labute approximate surface area is 101 Å². The van der Waals surface area contributed by atoms with Crippen LogP contribution in [0.2, 0.25) is 0 Å². The molecule has 0 saturated heterocycles. The van der Waals surface area contributed by atoms with Crippen molar-refractivity contribution >= 4 is 11.2 Å². The number of fused-ring (bicyclic) bond motifs is 1. The summed E-state index contributed by atoms with van der Waals surface area (Å²) in [5.74, 6) is 0.637. The molecule has 0 fully saturated rings. The lowest BCUT2D eigenvalue weighted by Crippen LogP contribution is -2.50. The normalized spacial score (nSPS) is 13.3. The fourth-order valence-electron chi connectivity index (χ4n) is 1.46. The molecule has 0 aliphatic heterocycles. The fourth-order valence-corrected chi connectivity index (χ4v) is 1.46. The number of aryl methyl sites for hydroxylation is 1. The third-order valence-electron chi connectivity index (χ3n) is 3.54. The molecule has 0 aliphatic carbocycles. The van der Waals surface area contributed by atoms with E-state index in [1.807, 2.05) is 46.8 Å². The molecule has 2 aromatic heterocycles. The van der Waals surface area contributed by atoms with E-state index in [1.165, 1.54) is 0 Å². The van der Waals surface area contributed by atoms with Crippen molar-refractivity contribution in [3.63, 3.8) is 0 Å². The quantitative estimate of drug-likeness (QED) is 0.865. The van der Waals surface area contributed by atoms with Gasteiger partial charge in [-0.15, -0.1) is 0 Å². The van der Waals surface area contributed by atoms with Gasteiger partial charge in [-0.05, 0) is 46.8 Å². The van der Waals surface area contributed by atoms with Gasteiger partial charge in [0.1, 0.15) is 0 Å². The highest BCUT2D eigenvalue weighted by Crippen LogP contribution is 2.33. The summed E-state index contributed by atoms with van der Waals surface area (Å²) in [6.07, 6.45) is 0. The number of nitrogens with zero attached hydrogens (tertiary/aromatic N) is 2.